The van der Waals surface area contributed by atoms with Gasteiger partial charge in [-0.1, -0.05) is 18.2 Å². The van der Waals surface area contributed by atoms with Gasteiger partial charge in [0.1, 0.15) is 0 Å². The number of aryl methyl sites for hydroxylation is 2. The molecule has 1 aliphatic carbocycles. The number of hydrogen-bond acceptors (Lipinski definition) is 2. The number of likely N-dealkylation sites (tertiary alicyclic amines) is 1. The van der Waals surface area contributed by atoms with Gasteiger partial charge in [0, 0.05) is 24.7 Å². The summed E-state index contributed by atoms with van der Waals surface area (Å²) in [6, 6.07) is 8.97. The van der Waals surface area contributed by atoms with E-state index in [0.29, 0.717) is 18.1 Å². The van der Waals surface area contributed by atoms with Crippen molar-refractivity contribution in [1.29, 1.82) is 0 Å². The Hall–Kier alpha value is -0.860. The van der Waals surface area contributed by atoms with Crippen molar-refractivity contribution >= 4 is 0 Å². The molecule has 3 unspecified atom stereocenters. The molecule has 0 bridgehead atoms. The van der Waals surface area contributed by atoms with E-state index in [1.165, 1.54) is 44.2 Å². The summed E-state index contributed by atoms with van der Waals surface area (Å²) < 4.78 is 0. The van der Waals surface area contributed by atoms with Crippen LogP contribution in [0, 0.1) is 0 Å². The molecule has 0 radical (unpaired) electrons. The molecule has 0 amide bonds. The molecule has 1 aromatic carbocycles. The fraction of sp³-hybridized carbons (Fsp3) is 0.667. The molecule has 2 nitrogen and oxygen atoms in total. The third-order valence-corrected chi connectivity index (χ3v) is 5.24. The molecule has 3 rings (SSSR count). The fourth-order valence-corrected chi connectivity index (χ4v) is 3.79. The molecule has 2 heteroatoms. The summed E-state index contributed by atoms with van der Waals surface area (Å²) in [7, 11) is 2.23. The Labute approximate surface area is 123 Å². The molecule has 1 heterocycles. The third-order valence-electron chi connectivity index (χ3n) is 5.24. The third kappa shape index (κ3) is 2.91. The van der Waals surface area contributed by atoms with E-state index in [0.717, 1.165) is 0 Å². The van der Waals surface area contributed by atoms with Crippen LogP contribution in [-0.4, -0.2) is 30.6 Å². The second-order valence-electron chi connectivity index (χ2n) is 6.84. The summed E-state index contributed by atoms with van der Waals surface area (Å²) >= 11 is 0. The first-order valence-corrected chi connectivity index (χ1v) is 8.21. The first kappa shape index (κ1) is 14.1. The van der Waals surface area contributed by atoms with Gasteiger partial charge in [-0.05, 0) is 69.7 Å². The lowest BCUT2D eigenvalue weighted by Gasteiger charge is -2.22. The van der Waals surface area contributed by atoms with E-state index < -0.39 is 0 Å². The zero-order valence-electron chi connectivity index (χ0n) is 13.2. The Morgan fingerprint density at radius 3 is 2.65 bits per heavy atom. The number of nitrogens with one attached hydrogen (secondary N) is 1. The number of nitrogens with zero attached hydrogens (tertiary/aromatic N) is 1. The largest absolute Gasteiger partial charge is 0.306 e. The van der Waals surface area contributed by atoms with Crippen LogP contribution in [0.2, 0.25) is 0 Å². The Bertz CT molecular complexity index is 458. The highest BCUT2D eigenvalue weighted by Crippen LogP contribution is 2.26. The van der Waals surface area contributed by atoms with Crippen LogP contribution in [-0.2, 0) is 12.8 Å². The highest BCUT2D eigenvalue weighted by atomic mass is 15.2. The zero-order valence-corrected chi connectivity index (χ0v) is 13.2. The van der Waals surface area contributed by atoms with Crippen molar-refractivity contribution in [2.24, 2.45) is 0 Å². The maximum Gasteiger partial charge on any atom is 0.0294 e. The lowest BCUT2D eigenvalue weighted by atomic mass is 9.89. The smallest absolute Gasteiger partial charge is 0.0294 e. The van der Waals surface area contributed by atoms with Crippen molar-refractivity contribution < 1.29 is 0 Å². The van der Waals surface area contributed by atoms with Gasteiger partial charge in [0.05, 0.1) is 0 Å². The minimum absolute atomic E-state index is 0.464. The van der Waals surface area contributed by atoms with Crippen LogP contribution in [0.15, 0.2) is 18.2 Å². The number of likely N-dealkylation sites (N-methyl/N-ethyl adjacent to an activating group) is 1. The standard InChI is InChI=1S/C18H28N2/c1-13-10-18(12-20(13)3)19-14(2)16-9-8-15-6-4-5-7-17(15)11-16/h8-9,11,13-14,18-19H,4-7,10,12H2,1-3H3. The van der Waals surface area contributed by atoms with E-state index in [1.807, 2.05) is 0 Å². The number of fused-ring (bicyclic) bond motifs is 1. The minimum Gasteiger partial charge on any atom is -0.306 e. The van der Waals surface area contributed by atoms with Crippen molar-refractivity contribution in [2.75, 3.05) is 13.6 Å². The van der Waals surface area contributed by atoms with E-state index in [2.05, 4.69) is 49.3 Å². The quantitative estimate of drug-likeness (QED) is 0.908. The SMILES string of the molecule is CC(NC1CC(C)N(C)C1)c1ccc2c(c1)CCCC2. The summed E-state index contributed by atoms with van der Waals surface area (Å²) in [6.45, 7) is 5.81. The maximum atomic E-state index is 3.82. The predicted molar refractivity (Wildman–Crippen MR) is 85.1 cm³/mol. The Morgan fingerprint density at radius 2 is 1.95 bits per heavy atom. The summed E-state index contributed by atoms with van der Waals surface area (Å²) in [6.07, 6.45) is 6.56. The van der Waals surface area contributed by atoms with Crippen molar-refractivity contribution in [3.8, 4) is 0 Å². The second-order valence-corrected chi connectivity index (χ2v) is 6.84. The van der Waals surface area contributed by atoms with Crippen LogP contribution < -0.4 is 5.32 Å². The van der Waals surface area contributed by atoms with Crippen molar-refractivity contribution in [1.82, 2.24) is 10.2 Å². The molecule has 1 saturated heterocycles. The first-order valence-electron chi connectivity index (χ1n) is 8.21. The normalized spacial score (nSPS) is 28.4. The molecular formula is C18H28N2. The molecule has 3 atom stereocenters. The lowest BCUT2D eigenvalue weighted by Crippen LogP contribution is -2.33. The molecule has 2 aliphatic rings. The number of hydrogen-bond donors (Lipinski definition) is 1. The van der Waals surface area contributed by atoms with Crippen molar-refractivity contribution in [3.63, 3.8) is 0 Å². The van der Waals surface area contributed by atoms with Gasteiger partial charge in [-0.25, -0.2) is 0 Å². The van der Waals surface area contributed by atoms with E-state index in [9.17, 15) is 0 Å². The molecular weight excluding hydrogens is 244 g/mol. The van der Waals surface area contributed by atoms with Gasteiger partial charge in [0.15, 0.2) is 0 Å². The molecule has 0 saturated carbocycles. The van der Waals surface area contributed by atoms with Gasteiger partial charge in [0.2, 0.25) is 0 Å². The molecule has 110 valence electrons. The van der Waals surface area contributed by atoms with Crippen molar-refractivity contribution in [2.45, 2.75) is 64.1 Å². The molecule has 1 aromatic rings. The van der Waals surface area contributed by atoms with E-state index in [-0.39, 0.29) is 0 Å². The monoisotopic (exact) mass is 272 g/mol. The van der Waals surface area contributed by atoms with Crippen molar-refractivity contribution in [3.05, 3.63) is 34.9 Å². The summed E-state index contributed by atoms with van der Waals surface area (Å²) in [5.41, 5.74) is 4.65. The molecule has 1 aliphatic heterocycles. The van der Waals surface area contributed by atoms with E-state index in [4.69, 9.17) is 0 Å². The number of rotatable bonds is 3. The van der Waals surface area contributed by atoms with Crippen LogP contribution in [0.4, 0.5) is 0 Å². The minimum atomic E-state index is 0.464. The molecule has 20 heavy (non-hydrogen) atoms. The van der Waals surface area contributed by atoms with E-state index in [1.54, 1.807) is 11.1 Å². The zero-order chi connectivity index (χ0) is 14.1. The Balaban J connectivity index is 1.66. The first-order chi connectivity index (χ1) is 9.63. The highest BCUT2D eigenvalue weighted by molar-refractivity contribution is 5.35. The summed E-state index contributed by atoms with van der Waals surface area (Å²) in [5.74, 6) is 0. The van der Waals surface area contributed by atoms with Crippen LogP contribution in [0.3, 0.4) is 0 Å². The predicted octanol–water partition coefficient (Wildman–Crippen LogP) is 3.31. The van der Waals surface area contributed by atoms with Crippen LogP contribution in [0.1, 0.15) is 55.8 Å². The topological polar surface area (TPSA) is 15.3 Å². The van der Waals surface area contributed by atoms with Gasteiger partial charge in [-0.2, -0.15) is 0 Å². The average Bonchev–Trinajstić information content (AvgIpc) is 2.76. The fourth-order valence-electron chi connectivity index (χ4n) is 3.79. The molecule has 1 fully saturated rings. The second kappa shape index (κ2) is 5.87. The van der Waals surface area contributed by atoms with Gasteiger partial charge < -0.3 is 10.2 Å². The maximum absolute atomic E-state index is 3.82. The van der Waals surface area contributed by atoms with E-state index >= 15 is 0 Å². The van der Waals surface area contributed by atoms with Gasteiger partial charge >= 0.3 is 0 Å². The van der Waals surface area contributed by atoms with Crippen LogP contribution in [0.5, 0.6) is 0 Å². The molecule has 0 spiro atoms. The van der Waals surface area contributed by atoms with Gasteiger partial charge in [-0.15, -0.1) is 0 Å². The summed E-state index contributed by atoms with van der Waals surface area (Å²) in [5, 5.41) is 3.82. The Kier molecular flexibility index (Phi) is 4.13. The molecule has 1 N–H and O–H groups in total. The van der Waals surface area contributed by atoms with Crippen LogP contribution >= 0.6 is 0 Å². The van der Waals surface area contributed by atoms with Crippen LogP contribution in [0.25, 0.3) is 0 Å². The van der Waals surface area contributed by atoms with Gasteiger partial charge in [-0.3, -0.25) is 0 Å². The average molecular weight is 272 g/mol. The van der Waals surface area contributed by atoms with Gasteiger partial charge in [0.25, 0.3) is 0 Å². The number of benzene rings is 1. The highest BCUT2D eigenvalue weighted by Gasteiger charge is 2.27. The summed E-state index contributed by atoms with van der Waals surface area (Å²) in [4.78, 5) is 2.46. The lowest BCUT2D eigenvalue weighted by molar-refractivity contribution is 0.325. The Morgan fingerprint density at radius 1 is 1.20 bits per heavy atom. The molecule has 0 aromatic heterocycles.